The predicted molar refractivity (Wildman–Crippen MR) is 62.9 cm³/mol. The highest BCUT2D eigenvalue weighted by molar-refractivity contribution is 6.30. The van der Waals surface area contributed by atoms with Gasteiger partial charge in [0.15, 0.2) is 0 Å². The summed E-state index contributed by atoms with van der Waals surface area (Å²) in [6.45, 7) is 0. The third kappa shape index (κ3) is 3.07. The fourth-order valence-electron chi connectivity index (χ4n) is 1.65. The van der Waals surface area contributed by atoms with Gasteiger partial charge in [0, 0.05) is 11.6 Å². The Hall–Kier alpha value is -0.310. The lowest BCUT2D eigenvalue weighted by Gasteiger charge is -2.12. The third-order valence-corrected chi connectivity index (χ3v) is 2.96. The molecule has 1 aromatic rings. The van der Waals surface area contributed by atoms with Gasteiger partial charge < -0.3 is 5.73 Å². The summed E-state index contributed by atoms with van der Waals surface area (Å²) in [7, 11) is 0. The van der Waals surface area contributed by atoms with Gasteiger partial charge in [0.05, 0.1) is 5.02 Å². The average Bonchev–Trinajstić information content (AvgIpc) is 2.93. The van der Waals surface area contributed by atoms with Gasteiger partial charge in [-0.05, 0) is 18.4 Å². The molecule has 0 unspecified atom stereocenters. The van der Waals surface area contributed by atoms with Crippen LogP contribution in [0.15, 0.2) is 18.2 Å². The number of halogens is 3. The zero-order valence-electron chi connectivity index (χ0n) is 8.25. The third-order valence-electron chi connectivity index (χ3n) is 2.67. The maximum Gasteiger partial charge on any atom is 0.146 e. The van der Waals surface area contributed by atoms with E-state index >= 15 is 0 Å². The summed E-state index contributed by atoms with van der Waals surface area (Å²) >= 11 is 5.68. The lowest BCUT2D eigenvalue weighted by atomic mass is 10.0. The van der Waals surface area contributed by atoms with Gasteiger partial charge in [0.2, 0.25) is 0 Å². The van der Waals surface area contributed by atoms with Gasteiger partial charge >= 0.3 is 0 Å². The van der Waals surface area contributed by atoms with Crippen molar-refractivity contribution in [3.8, 4) is 0 Å². The first kappa shape index (κ1) is 12.8. The van der Waals surface area contributed by atoms with Gasteiger partial charge in [-0.15, -0.1) is 12.4 Å². The molecule has 0 spiro atoms. The molecule has 1 aliphatic carbocycles. The van der Waals surface area contributed by atoms with E-state index in [1.807, 2.05) is 0 Å². The summed E-state index contributed by atoms with van der Waals surface area (Å²) in [4.78, 5) is 0. The van der Waals surface area contributed by atoms with Crippen molar-refractivity contribution in [2.45, 2.75) is 25.3 Å². The molecule has 4 heteroatoms. The molecule has 0 amide bonds. The van der Waals surface area contributed by atoms with E-state index < -0.39 is 0 Å². The summed E-state index contributed by atoms with van der Waals surface area (Å²) in [5.41, 5.74) is 6.45. The lowest BCUT2D eigenvalue weighted by molar-refractivity contribution is 0.543. The molecule has 84 valence electrons. The maximum atomic E-state index is 13.5. The molecule has 0 saturated heterocycles. The van der Waals surface area contributed by atoms with E-state index in [2.05, 4.69) is 0 Å². The van der Waals surface area contributed by atoms with Crippen LogP contribution < -0.4 is 5.73 Å². The molecule has 0 heterocycles. The minimum Gasteiger partial charge on any atom is -0.324 e. The van der Waals surface area contributed by atoms with Crippen molar-refractivity contribution in [1.82, 2.24) is 0 Å². The van der Waals surface area contributed by atoms with Gasteiger partial charge in [0.1, 0.15) is 5.82 Å². The first-order valence-corrected chi connectivity index (χ1v) is 5.25. The molecular formula is C11H14Cl2FN. The van der Waals surface area contributed by atoms with Gasteiger partial charge in [0.25, 0.3) is 0 Å². The molecule has 1 fully saturated rings. The fraction of sp³-hybridized carbons (Fsp3) is 0.455. The summed E-state index contributed by atoms with van der Waals surface area (Å²) in [5.74, 6) is 0.339. The Morgan fingerprint density at radius 3 is 2.73 bits per heavy atom. The van der Waals surface area contributed by atoms with Crippen LogP contribution in [0.1, 0.15) is 30.9 Å². The summed E-state index contributed by atoms with van der Waals surface area (Å²) in [6, 6.07) is 4.80. The van der Waals surface area contributed by atoms with Crippen molar-refractivity contribution in [2.75, 3.05) is 0 Å². The Morgan fingerprint density at radius 1 is 1.47 bits per heavy atom. The predicted octanol–water partition coefficient (Wildman–Crippen LogP) is 3.70. The number of nitrogens with two attached hydrogens (primary N) is 1. The van der Waals surface area contributed by atoms with Crippen LogP contribution >= 0.6 is 24.0 Å². The van der Waals surface area contributed by atoms with Gasteiger partial charge in [-0.2, -0.15) is 0 Å². The Morgan fingerprint density at radius 2 is 2.13 bits per heavy atom. The van der Waals surface area contributed by atoms with Crippen molar-refractivity contribution < 1.29 is 4.39 Å². The Kier molecular flexibility index (Phi) is 4.38. The molecule has 1 atom stereocenters. The average molecular weight is 250 g/mol. The Labute approximate surface area is 100 Å². The SMILES string of the molecule is Cl.N[C@@H](CC1CC1)c1cccc(Cl)c1F. The molecule has 0 aromatic heterocycles. The van der Waals surface area contributed by atoms with E-state index in [-0.39, 0.29) is 29.3 Å². The molecule has 1 nitrogen and oxygen atoms in total. The highest BCUT2D eigenvalue weighted by Crippen LogP contribution is 2.37. The number of benzene rings is 1. The van der Waals surface area contributed by atoms with Gasteiger partial charge in [-0.1, -0.05) is 36.6 Å². The molecule has 0 aliphatic heterocycles. The summed E-state index contributed by atoms with van der Waals surface area (Å²) < 4.78 is 13.5. The fourth-order valence-corrected chi connectivity index (χ4v) is 1.83. The lowest BCUT2D eigenvalue weighted by Crippen LogP contribution is -2.12. The molecule has 1 aliphatic rings. The molecule has 1 aromatic carbocycles. The number of hydrogen-bond acceptors (Lipinski definition) is 1. The molecule has 0 bridgehead atoms. The second-order valence-corrected chi connectivity index (χ2v) is 4.34. The van der Waals surface area contributed by atoms with Crippen LogP contribution in [0.25, 0.3) is 0 Å². The molecule has 1 saturated carbocycles. The standard InChI is InChI=1S/C11H13ClFN.ClH/c12-9-3-1-2-8(11(9)13)10(14)6-7-4-5-7;/h1-3,7,10H,4-6,14H2;1H/t10-;/m0./s1. The van der Waals surface area contributed by atoms with Crippen LogP contribution in [-0.2, 0) is 0 Å². The second kappa shape index (κ2) is 5.15. The van der Waals surface area contributed by atoms with E-state index in [9.17, 15) is 4.39 Å². The zero-order chi connectivity index (χ0) is 10.1. The van der Waals surface area contributed by atoms with Crippen molar-refractivity contribution in [2.24, 2.45) is 11.7 Å². The van der Waals surface area contributed by atoms with Crippen molar-refractivity contribution in [3.05, 3.63) is 34.6 Å². The molecule has 2 rings (SSSR count). The summed E-state index contributed by atoms with van der Waals surface area (Å²) in [6.07, 6.45) is 3.34. The van der Waals surface area contributed by atoms with Crippen molar-refractivity contribution >= 4 is 24.0 Å². The normalized spacial score (nSPS) is 17.0. The molecule has 2 N–H and O–H groups in total. The largest absolute Gasteiger partial charge is 0.324 e. The number of hydrogen-bond donors (Lipinski definition) is 1. The Balaban J connectivity index is 0.00000112. The van der Waals surface area contributed by atoms with Gasteiger partial charge in [-0.3, -0.25) is 0 Å². The van der Waals surface area contributed by atoms with Crippen LogP contribution in [0.5, 0.6) is 0 Å². The van der Waals surface area contributed by atoms with Crippen molar-refractivity contribution in [3.63, 3.8) is 0 Å². The monoisotopic (exact) mass is 249 g/mol. The maximum absolute atomic E-state index is 13.5. The topological polar surface area (TPSA) is 26.0 Å². The quantitative estimate of drug-likeness (QED) is 0.869. The van der Waals surface area contributed by atoms with Gasteiger partial charge in [-0.25, -0.2) is 4.39 Å². The van der Waals surface area contributed by atoms with E-state index in [1.54, 1.807) is 18.2 Å². The van der Waals surface area contributed by atoms with E-state index in [0.29, 0.717) is 11.5 Å². The smallest absolute Gasteiger partial charge is 0.146 e. The minimum atomic E-state index is -0.359. The zero-order valence-corrected chi connectivity index (χ0v) is 9.82. The van der Waals surface area contributed by atoms with E-state index in [4.69, 9.17) is 17.3 Å². The van der Waals surface area contributed by atoms with Crippen LogP contribution in [0.2, 0.25) is 5.02 Å². The van der Waals surface area contributed by atoms with Crippen LogP contribution in [0.3, 0.4) is 0 Å². The van der Waals surface area contributed by atoms with E-state index in [1.165, 1.54) is 12.8 Å². The Bertz CT molecular complexity index is 339. The highest BCUT2D eigenvalue weighted by Gasteiger charge is 2.25. The molecule has 15 heavy (non-hydrogen) atoms. The second-order valence-electron chi connectivity index (χ2n) is 3.93. The summed E-state index contributed by atoms with van der Waals surface area (Å²) in [5, 5.41) is 0.161. The first-order valence-electron chi connectivity index (χ1n) is 4.88. The molecular weight excluding hydrogens is 236 g/mol. The van der Waals surface area contributed by atoms with Crippen LogP contribution in [0.4, 0.5) is 4.39 Å². The first-order chi connectivity index (χ1) is 6.68. The van der Waals surface area contributed by atoms with Crippen LogP contribution in [0, 0.1) is 11.7 Å². The minimum absolute atomic E-state index is 0. The van der Waals surface area contributed by atoms with Crippen LogP contribution in [-0.4, -0.2) is 0 Å². The molecule has 0 radical (unpaired) electrons. The van der Waals surface area contributed by atoms with Crippen molar-refractivity contribution in [1.29, 1.82) is 0 Å². The highest BCUT2D eigenvalue weighted by atomic mass is 35.5. The number of rotatable bonds is 3. The van der Waals surface area contributed by atoms with E-state index in [0.717, 1.165) is 6.42 Å².